The molecule has 0 atom stereocenters. The lowest BCUT2D eigenvalue weighted by molar-refractivity contribution is 0.0692. The fourth-order valence-corrected chi connectivity index (χ4v) is 3.44. The Hall–Kier alpha value is -1.97. The third-order valence-corrected chi connectivity index (χ3v) is 4.12. The number of hydrogen-bond acceptors (Lipinski definition) is 3. The van der Waals surface area contributed by atoms with E-state index in [1.165, 1.54) is 6.07 Å². The molecule has 1 aromatic rings. The van der Waals surface area contributed by atoms with E-state index in [-0.39, 0.29) is 22.1 Å². The standard InChI is InChI=1S/C19H29NO3/c1-18(2,13-19(3,4)11-12-20)10-6-8-14-7-5-9-15(21)16(14)17(22)23/h5,7,9,11-12,21H,6,8,10,13,20H2,1-4H3,(H,22,23)/b12-11+. The molecule has 0 saturated heterocycles. The van der Waals surface area contributed by atoms with Crippen LogP contribution in [0.2, 0.25) is 0 Å². The molecule has 0 heterocycles. The number of nitrogens with two attached hydrogens (primary N) is 1. The molecule has 4 heteroatoms. The molecule has 0 fully saturated rings. The first-order valence-electron chi connectivity index (χ1n) is 8.01. The van der Waals surface area contributed by atoms with Gasteiger partial charge < -0.3 is 15.9 Å². The van der Waals surface area contributed by atoms with Crippen molar-refractivity contribution in [3.8, 4) is 5.75 Å². The highest BCUT2D eigenvalue weighted by Gasteiger charge is 2.26. The Bertz CT molecular complexity index is 574. The van der Waals surface area contributed by atoms with Crippen LogP contribution in [0.3, 0.4) is 0 Å². The number of carboxylic acid groups (broad SMARTS) is 1. The van der Waals surface area contributed by atoms with Gasteiger partial charge in [-0.15, -0.1) is 0 Å². The number of aromatic hydroxyl groups is 1. The van der Waals surface area contributed by atoms with Gasteiger partial charge in [-0.1, -0.05) is 45.9 Å². The molecular weight excluding hydrogens is 290 g/mol. The summed E-state index contributed by atoms with van der Waals surface area (Å²) in [7, 11) is 0. The lowest BCUT2D eigenvalue weighted by Crippen LogP contribution is -2.22. The molecular formula is C19H29NO3. The summed E-state index contributed by atoms with van der Waals surface area (Å²) >= 11 is 0. The van der Waals surface area contributed by atoms with Crippen molar-refractivity contribution in [3.05, 3.63) is 41.6 Å². The number of allylic oxidation sites excluding steroid dienone is 1. The summed E-state index contributed by atoms with van der Waals surface area (Å²) < 4.78 is 0. The number of carbonyl (C=O) groups is 1. The molecule has 4 N–H and O–H groups in total. The highest BCUT2D eigenvalue weighted by atomic mass is 16.4. The van der Waals surface area contributed by atoms with Crippen molar-refractivity contribution < 1.29 is 15.0 Å². The Morgan fingerprint density at radius 3 is 2.48 bits per heavy atom. The molecule has 0 bridgehead atoms. The van der Waals surface area contributed by atoms with Crippen LogP contribution in [0.4, 0.5) is 0 Å². The lowest BCUT2D eigenvalue weighted by Gasteiger charge is -2.33. The van der Waals surface area contributed by atoms with Gasteiger partial charge in [-0.25, -0.2) is 4.79 Å². The second-order valence-corrected chi connectivity index (χ2v) is 7.66. The zero-order valence-corrected chi connectivity index (χ0v) is 14.6. The molecule has 0 amide bonds. The van der Waals surface area contributed by atoms with Gasteiger partial charge in [0.05, 0.1) is 0 Å². The normalized spacial score (nSPS) is 12.7. The van der Waals surface area contributed by atoms with Gasteiger partial charge in [-0.05, 0) is 54.3 Å². The van der Waals surface area contributed by atoms with Crippen LogP contribution in [-0.2, 0) is 6.42 Å². The van der Waals surface area contributed by atoms with E-state index in [2.05, 4.69) is 27.7 Å². The number of aryl methyl sites for hydroxylation is 1. The monoisotopic (exact) mass is 319 g/mol. The number of aromatic carboxylic acids is 1. The van der Waals surface area contributed by atoms with Crippen LogP contribution in [0.15, 0.2) is 30.5 Å². The first-order chi connectivity index (χ1) is 10.6. The lowest BCUT2D eigenvalue weighted by atomic mass is 9.72. The van der Waals surface area contributed by atoms with Crippen LogP contribution >= 0.6 is 0 Å². The fraction of sp³-hybridized carbons (Fsp3) is 0.526. The SMILES string of the molecule is CC(C)(/C=C/N)CC(C)(C)CCCc1cccc(O)c1C(=O)O. The minimum absolute atomic E-state index is 0.0247. The largest absolute Gasteiger partial charge is 0.507 e. The van der Waals surface area contributed by atoms with Gasteiger partial charge in [-0.2, -0.15) is 0 Å². The fourth-order valence-electron chi connectivity index (χ4n) is 3.44. The van der Waals surface area contributed by atoms with Crippen LogP contribution in [0.25, 0.3) is 0 Å². The van der Waals surface area contributed by atoms with E-state index >= 15 is 0 Å². The molecule has 0 aromatic heterocycles. The summed E-state index contributed by atoms with van der Waals surface area (Å²) in [6.07, 6.45) is 7.11. The number of phenols is 1. The molecule has 4 nitrogen and oxygen atoms in total. The van der Waals surface area contributed by atoms with Crippen LogP contribution in [0.1, 0.15) is 62.9 Å². The van der Waals surface area contributed by atoms with Crippen LogP contribution in [0, 0.1) is 10.8 Å². The molecule has 0 aliphatic rings. The second-order valence-electron chi connectivity index (χ2n) is 7.66. The number of rotatable bonds is 8. The van der Waals surface area contributed by atoms with Gasteiger partial charge in [0.2, 0.25) is 0 Å². The van der Waals surface area contributed by atoms with Crippen molar-refractivity contribution in [3.63, 3.8) is 0 Å². The van der Waals surface area contributed by atoms with E-state index in [0.717, 1.165) is 19.3 Å². The first kappa shape index (κ1) is 19.1. The topological polar surface area (TPSA) is 83.5 Å². The van der Waals surface area contributed by atoms with Crippen molar-refractivity contribution in [2.45, 2.75) is 53.4 Å². The minimum Gasteiger partial charge on any atom is -0.507 e. The molecule has 1 aromatic carbocycles. The average Bonchev–Trinajstić information content (AvgIpc) is 2.36. The van der Waals surface area contributed by atoms with Gasteiger partial charge in [0.25, 0.3) is 0 Å². The molecule has 0 aliphatic heterocycles. The molecule has 0 unspecified atom stereocenters. The average molecular weight is 319 g/mol. The Labute approximate surface area is 139 Å². The predicted molar refractivity (Wildman–Crippen MR) is 93.5 cm³/mol. The second kappa shape index (κ2) is 7.53. The zero-order chi connectivity index (χ0) is 17.7. The molecule has 23 heavy (non-hydrogen) atoms. The van der Waals surface area contributed by atoms with Crippen LogP contribution in [-0.4, -0.2) is 16.2 Å². The third-order valence-electron chi connectivity index (χ3n) is 4.12. The zero-order valence-electron chi connectivity index (χ0n) is 14.6. The quantitative estimate of drug-likeness (QED) is 0.666. The van der Waals surface area contributed by atoms with E-state index in [4.69, 9.17) is 5.73 Å². The number of benzene rings is 1. The van der Waals surface area contributed by atoms with E-state index in [9.17, 15) is 15.0 Å². The summed E-state index contributed by atoms with van der Waals surface area (Å²) in [5.74, 6) is -1.24. The van der Waals surface area contributed by atoms with E-state index < -0.39 is 5.97 Å². The maximum atomic E-state index is 11.3. The molecule has 0 spiro atoms. The summed E-state index contributed by atoms with van der Waals surface area (Å²) in [5.41, 5.74) is 6.39. The molecule has 0 radical (unpaired) electrons. The van der Waals surface area contributed by atoms with Gasteiger partial charge in [0.1, 0.15) is 11.3 Å². The molecule has 0 aliphatic carbocycles. The van der Waals surface area contributed by atoms with Gasteiger partial charge >= 0.3 is 5.97 Å². The number of hydrogen-bond donors (Lipinski definition) is 3. The van der Waals surface area contributed by atoms with Crippen molar-refractivity contribution >= 4 is 5.97 Å². The minimum atomic E-state index is -1.08. The van der Waals surface area contributed by atoms with Crippen molar-refractivity contribution in [1.29, 1.82) is 0 Å². The van der Waals surface area contributed by atoms with E-state index in [0.29, 0.717) is 12.0 Å². The van der Waals surface area contributed by atoms with Gasteiger partial charge in [-0.3, -0.25) is 0 Å². The van der Waals surface area contributed by atoms with Crippen molar-refractivity contribution in [2.75, 3.05) is 0 Å². The predicted octanol–water partition coefficient (Wildman–Crippen LogP) is 4.33. The Balaban J connectivity index is 2.70. The summed E-state index contributed by atoms with van der Waals surface area (Å²) in [6, 6.07) is 4.88. The molecule has 0 saturated carbocycles. The Morgan fingerprint density at radius 1 is 1.26 bits per heavy atom. The highest BCUT2D eigenvalue weighted by molar-refractivity contribution is 5.92. The van der Waals surface area contributed by atoms with Gasteiger partial charge in [0.15, 0.2) is 0 Å². The smallest absolute Gasteiger partial charge is 0.339 e. The summed E-state index contributed by atoms with van der Waals surface area (Å²) in [5, 5.41) is 19.0. The third kappa shape index (κ3) is 5.97. The maximum Gasteiger partial charge on any atom is 0.339 e. The maximum absolute atomic E-state index is 11.3. The highest BCUT2D eigenvalue weighted by Crippen LogP contribution is 2.38. The van der Waals surface area contributed by atoms with Crippen molar-refractivity contribution in [1.82, 2.24) is 0 Å². The Kier molecular flexibility index (Phi) is 6.25. The summed E-state index contributed by atoms with van der Waals surface area (Å²) in [4.78, 5) is 11.3. The van der Waals surface area contributed by atoms with Crippen LogP contribution < -0.4 is 5.73 Å². The van der Waals surface area contributed by atoms with E-state index in [1.807, 2.05) is 6.08 Å². The molecule has 1 rings (SSSR count). The van der Waals surface area contributed by atoms with Crippen molar-refractivity contribution in [2.24, 2.45) is 16.6 Å². The molecule has 128 valence electrons. The number of carboxylic acids is 1. The van der Waals surface area contributed by atoms with Gasteiger partial charge in [0, 0.05) is 0 Å². The summed E-state index contributed by atoms with van der Waals surface area (Å²) in [6.45, 7) is 8.77. The van der Waals surface area contributed by atoms with E-state index in [1.54, 1.807) is 18.3 Å². The van der Waals surface area contributed by atoms with Crippen LogP contribution in [0.5, 0.6) is 5.75 Å². The first-order valence-corrected chi connectivity index (χ1v) is 8.01. The Morgan fingerprint density at radius 2 is 1.91 bits per heavy atom.